The normalized spacial score (nSPS) is 9.25. The van der Waals surface area contributed by atoms with E-state index < -0.39 is 0 Å². The van der Waals surface area contributed by atoms with Crippen LogP contribution in [0.5, 0.6) is 0 Å². The summed E-state index contributed by atoms with van der Waals surface area (Å²) in [6.07, 6.45) is 0. The first-order chi connectivity index (χ1) is 3.79. The zero-order chi connectivity index (χ0) is 5.98. The number of benzene rings is 1. The number of halogens is 1. The van der Waals surface area contributed by atoms with Gasteiger partial charge in [0, 0.05) is 0 Å². The van der Waals surface area contributed by atoms with Crippen molar-refractivity contribution in [1.82, 2.24) is 0 Å². The molecule has 0 unspecified atom stereocenters. The van der Waals surface area contributed by atoms with E-state index >= 15 is 0 Å². The molecule has 0 heterocycles. The van der Waals surface area contributed by atoms with E-state index in [0.717, 1.165) is 29.7 Å². The number of hydrogen-bond donors (Lipinski definition) is 0. The molecule has 0 aliphatic carbocycles. The summed E-state index contributed by atoms with van der Waals surface area (Å²) in [7, 11) is 0. The molecule has 0 saturated heterocycles. The van der Waals surface area contributed by atoms with E-state index in [9.17, 15) is 0 Å². The Morgan fingerprint density at radius 3 is 2.00 bits per heavy atom. The van der Waals surface area contributed by atoms with E-state index in [0.29, 0.717) is 0 Å². The van der Waals surface area contributed by atoms with Gasteiger partial charge in [-0.2, -0.15) is 0 Å². The van der Waals surface area contributed by atoms with Crippen molar-refractivity contribution in [3.05, 3.63) is 29.3 Å². The van der Waals surface area contributed by atoms with E-state index in [1.54, 1.807) is 0 Å². The third-order valence-corrected chi connectivity index (χ3v) is 2.62. The van der Waals surface area contributed by atoms with Gasteiger partial charge in [0.05, 0.1) is 0 Å². The van der Waals surface area contributed by atoms with Crippen LogP contribution in [0.4, 0.5) is 0 Å². The summed E-state index contributed by atoms with van der Waals surface area (Å²) < 4.78 is 1.41. The molecule has 0 spiro atoms. The molecule has 0 N–H and O–H groups in total. The van der Waals surface area contributed by atoms with Crippen molar-refractivity contribution in [2.24, 2.45) is 0 Å². The van der Waals surface area contributed by atoms with Crippen molar-refractivity contribution in [1.29, 1.82) is 0 Å². The molecule has 0 saturated carbocycles. The fourth-order valence-corrected chi connectivity index (χ4v) is 1.34. The molecule has 8 heavy (non-hydrogen) atoms. The van der Waals surface area contributed by atoms with Crippen LogP contribution in [-0.4, -0.2) is 24.7 Å². The van der Waals surface area contributed by atoms with Gasteiger partial charge in [-0.15, -0.1) is 0 Å². The molecule has 0 amide bonds. The Labute approximate surface area is 68.7 Å². The first-order valence-electron chi connectivity index (χ1n) is 2.30. The van der Waals surface area contributed by atoms with Crippen LogP contribution in [0.25, 0.3) is 0 Å². The third-order valence-electron chi connectivity index (χ3n) is 0.870. The molecule has 2 heteroatoms. The summed E-state index contributed by atoms with van der Waals surface area (Å²) in [4.78, 5) is 0. The predicted molar refractivity (Wildman–Crippen MR) is 39.6 cm³/mol. The van der Waals surface area contributed by atoms with Gasteiger partial charge in [-0.05, 0) is 0 Å². The molecule has 0 nitrogen and oxygen atoms in total. The molecule has 1 rings (SSSR count). The van der Waals surface area contributed by atoms with Crippen molar-refractivity contribution in [2.45, 2.75) is 0 Å². The predicted octanol–water partition coefficient (Wildman–Crippen LogP) is 0.598. The van der Waals surface area contributed by atoms with E-state index in [2.05, 4.69) is 12.1 Å². The summed E-state index contributed by atoms with van der Waals surface area (Å²) >= 11 is 6.56. The molecule has 0 aromatic heterocycles. The van der Waals surface area contributed by atoms with E-state index in [4.69, 9.17) is 11.6 Å². The van der Waals surface area contributed by atoms with Gasteiger partial charge < -0.3 is 0 Å². The molecule has 0 aliphatic heterocycles. The molecule has 1 aromatic rings. The van der Waals surface area contributed by atoms with Crippen molar-refractivity contribution in [3.8, 4) is 0 Å². The average Bonchev–Trinajstić information content (AvgIpc) is 1.77. The molecule has 0 radical (unpaired) electrons. The second kappa shape index (κ2) is 2.80. The van der Waals surface area contributed by atoms with Crippen LogP contribution < -0.4 is 3.27 Å². The molecule has 1 aromatic carbocycles. The van der Waals surface area contributed by atoms with Gasteiger partial charge in [-0.3, -0.25) is 0 Å². The van der Waals surface area contributed by atoms with Crippen molar-refractivity contribution in [2.75, 3.05) is 0 Å². The molecule has 0 atom stereocenters. The zero-order valence-corrected chi connectivity index (χ0v) is 9.51. The van der Waals surface area contributed by atoms with Gasteiger partial charge >= 0.3 is 68.9 Å². The van der Waals surface area contributed by atoms with Crippen molar-refractivity contribution in [3.63, 3.8) is 0 Å². The van der Waals surface area contributed by atoms with Crippen LogP contribution >= 0.6 is 11.6 Å². The summed E-state index contributed by atoms with van der Waals surface area (Å²) in [6, 6.07) is 7.98. The SMILES string of the molecule is Clc1cc[c]([BiH2])cc1. The molecule has 0 fully saturated rings. The second-order valence-electron chi connectivity index (χ2n) is 1.55. The van der Waals surface area contributed by atoms with Gasteiger partial charge in [0.1, 0.15) is 0 Å². The third kappa shape index (κ3) is 1.72. The first kappa shape index (κ1) is 6.51. The van der Waals surface area contributed by atoms with E-state index in [-0.39, 0.29) is 0 Å². The topological polar surface area (TPSA) is 0 Å². The van der Waals surface area contributed by atoms with Crippen LogP contribution in [0.2, 0.25) is 5.02 Å². The second-order valence-corrected chi connectivity index (χ2v) is 4.58. The average molecular weight is 323 g/mol. The van der Waals surface area contributed by atoms with Crippen LogP contribution in [0.15, 0.2) is 24.3 Å². The Morgan fingerprint density at radius 2 is 1.62 bits per heavy atom. The van der Waals surface area contributed by atoms with Gasteiger partial charge in [0.15, 0.2) is 0 Å². The minimum atomic E-state index is 0.828. The van der Waals surface area contributed by atoms with Gasteiger partial charge in [0.2, 0.25) is 0 Å². The van der Waals surface area contributed by atoms with Gasteiger partial charge in [-0.1, -0.05) is 0 Å². The van der Waals surface area contributed by atoms with Crippen LogP contribution in [0.1, 0.15) is 0 Å². The Bertz CT molecular complexity index is 147. The number of rotatable bonds is 0. The molecule has 0 bridgehead atoms. The van der Waals surface area contributed by atoms with E-state index in [1.807, 2.05) is 12.1 Å². The summed E-state index contributed by atoms with van der Waals surface area (Å²) in [5.74, 6) is 0. The van der Waals surface area contributed by atoms with Crippen LogP contribution in [-0.2, 0) is 0 Å². The maximum absolute atomic E-state index is 5.63. The van der Waals surface area contributed by atoms with Gasteiger partial charge in [-0.25, -0.2) is 0 Å². The minimum absolute atomic E-state index is 0.828. The summed E-state index contributed by atoms with van der Waals surface area (Å²) in [6.45, 7) is 0. The fraction of sp³-hybridized carbons (Fsp3) is 0. The van der Waals surface area contributed by atoms with Crippen molar-refractivity contribution >= 4 is 39.6 Å². The first-order valence-corrected chi connectivity index (χ1v) is 4.92. The molecule has 42 valence electrons. The standard InChI is InChI=1S/C6H4Cl.Bi.2H/c7-6-4-2-1-3-5-6;;;/h2-5H;;;. The van der Waals surface area contributed by atoms with Gasteiger partial charge in [0.25, 0.3) is 0 Å². The summed E-state index contributed by atoms with van der Waals surface area (Å²) in [5.41, 5.74) is 0. The van der Waals surface area contributed by atoms with Crippen LogP contribution in [0, 0.1) is 0 Å². The van der Waals surface area contributed by atoms with Crippen LogP contribution in [0.3, 0.4) is 0 Å². The molecular formula is C6H6BiCl. The van der Waals surface area contributed by atoms with E-state index in [1.165, 1.54) is 3.27 Å². The summed E-state index contributed by atoms with van der Waals surface area (Å²) in [5, 5.41) is 0.828. The molecular weight excluding hydrogens is 316 g/mol. The van der Waals surface area contributed by atoms with Crippen molar-refractivity contribution < 1.29 is 0 Å². The Morgan fingerprint density at radius 1 is 1.12 bits per heavy atom. The fourth-order valence-electron chi connectivity index (χ4n) is 0.463. The Hall–Kier alpha value is 0.393. The zero-order valence-electron chi connectivity index (χ0n) is 4.26. The Balaban J connectivity index is 3.03. The quantitative estimate of drug-likeness (QED) is 0.614. The Kier molecular flexibility index (Phi) is 2.28. The molecule has 0 aliphatic rings. The maximum atomic E-state index is 5.63. The number of hydrogen-bond acceptors (Lipinski definition) is 0. The monoisotopic (exact) mass is 322 g/mol.